The molecule has 0 aromatic rings. The highest BCUT2D eigenvalue weighted by molar-refractivity contribution is 5.09. The van der Waals surface area contributed by atoms with Gasteiger partial charge in [0.25, 0.3) is 0 Å². The Morgan fingerprint density at radius 1 is 1.78 bits per heavy atom. The minimum Gasteiger partial charge on any atom is -0.359 e. The van der Waals surface area contributed by atoms with Crippen LogP contribution in [-0.4, -0.2) is 25.8 Å². The lowest BCUT2D eigenvalue weighted by molar-refractivity contribution is -0.640. The largest absolute Gasteiger partial charge is 0.359 e. The molecule has 50 valence electrons. The maximum Gasteiger partial charge on any atom is 0.181 e. The van der Waals surface area contributed by atoms with Crippen LogP contribution in [0.2, 0.25) is 0 Å². The number of hydrogen-bond acceptors (Lipinski definition) is 1. The van der Waals surface area contributed by atoms with Gasteiger partial charge in [-0.15, -0.1) is 6.42 Å². The van der Waals surface area contributed by atoms with Crippen molar-refractivity contribution in [3.63, 3.8) is 0 Å². The molecule has 0 amide bonds. The highest BCUT2D eigenvalue weighted by Crippen LogP contribution is 2.12. The van der Waals surface area contributed by atoms with E-state index in [1.807, 2.05) is 0 Å². The third kappa shape index (κ3) is 1.07. The lowest BCUT2D eigenvalue weighted by Crippen LogP contribution is -2.82. The maximum atomic E-state index is 5.28. The predicted molar refractivity (Wildman–Crippen MR) is 34.8 cm³/mol. The smallest absolute Gasteiger partial charge is 0.181 e. The van der Waals surface area contributed by atoms with Crippen molar-refractivity contribution in [2.45, 2.75) is 12.0 Å². The molecule has 1 aliphatic rings. The van der Waals surface area contributed by atoms with Gasteiger partial charge in [-0.2, -0.15) is 0 Å². The second kappa shape index (κ2) is 2.38. The number of ether oxygens (including phenoxy) is 1. The summed E-state index contributed by atoms with van der Waals surface area (Å²) in [6.45, 7) is 2.01. The Hall–Kier alpha value is -0.520. The van der Waals surface area contributed by atoms with E-state index in [1.165, 1.54) is 0 Å². The molecule has 1 rings (SSSR count). The van der Waals surface area contributed by atoms with Crippen molar-refractivity contribution in [1.29, 1.82) is 0 Å². The van der Waals surface area contributed by atoms with Crippen molar-refractivity contribution in [2.24, 2.45) is 0 Å². The van der Waals surface area contributed by atoms with E-state index in [1.54, 1.807) is 7.11 Å². The molecule has 0 saturated carbocycles. The van der Waals surface area contributed by atoms with Gasteiger partial charge < -0.3 is 10.1 Å². The molecule has 1 heterocycles. The monoisotopic (exact) mass is 126 g/mol. The molecule has 1 unspecified atom stereocenters. The topological polar surface area (TPSA) is 25.8 Å². The minimum atomic E-state index is -0.250. The van der Waals surface area contributed by atoms with Crippen LogP contribution in [0.1, 0.15) is 6.42 Å². The number of hydrogen-bond donors (Lipinski definition) is 1. The highest BCUT2D eigenvalue weighted by Gasteiger charge is 2.34. The third-order valence-electron chi connectivity index (χ3n) is 1.88. The number of methoxy groups -OCH3 is 1. The van der Waals surface area contributed by atoms with E-state index in [2.05, 4.69) is 11.2 Å². The Kier molecular flexibility index (Phi) is 1.75. The van der Waals surface area contributed by atoms with Gasteiger partial charge in [-0.25, -0.2) is 0 Å². The Balaban J connectivity index is 2.59. The Morgan fingerprint density at radius 2 is 2.56 bits per heavy atom. The zero-order valence-corrected chi connectivity index (χ0v) is 5.68. The normalized spacial score (nSPS) is 34.2. The van der Waals surface area contributed by atoms with Crippen molar-refractivity contribution in [1.82, 2.24) is 0 Å². The fourth-order valence-corrected chi connectivity index (χ4v) is 1.15. The van der Waals surface area contributed by atoms with Crippen molar-refractivity contribution < 1.29 is 10.1 Å². The molecule has 1 aliphatic heterocycles. The van der Waals surface area contributed by atoms with Gasteiger partial charge in [0.2, 0.25) is 0 Å². The molecule has 2 nitrogen and oxygen atoms in total. The van der Waals surface area contributed by atoms with Gasteiger partial charge in [0.1, 0.15) is 6.54 Å². The van der Waals surface area contributed by atoms with Crippen LogP contribution in [0.15, 0.2) is 0 Å². The average molecular weight is 126 g/mol. The van der Waals surface area contributed by atoms with E-state index in [0.717, 1.165) is 19.5 Å². The highest BCUT2D eigenvalue weighted by atomic mass is 16.5. The number of terminal acetylenes is 1. The summed E-state index contributed by atoms with van der Waals surface area (Å²) >= 11 is 0. The fraction of sp³-hybridized carbons (Fsp3) is 0.714. The number of rotatable bonds is 1. The van der Waals surface area contributed by atoms with Gasteiger partial charge in [-0.05, 0) is 0 Å². The molecule has 0 radical (unpaired) electrons. The van der Waals surface area contributed by atoms with Gasteiger partial charge in [-0.1, -0.05) is 5.92 Å². The zero-order chi connectivity index (χ0) is 6.74. The first-order valence-corrected chi connectivity index (χ1v) is 3.17. The molecule has 2 N–H and O–H groups in total. The molecule has 2 heteroatoms. The van der Waals surface area contributed by atoms with Crippen LogP contribution in [0.5, 0.6) is 0 Å². The van der Waals surface area contributed by atoms with Crippen LogP contribution in [0.3, 0.4) is 0 Å². The zero-order valence-electron chi connectivity index (χ0n) is 5.68. The van der Waals surface area contributed by atoms with E-state index in [0.29, 0.717) is 0 Å². The second-order valence-electron chi connectivity index (χ2n) is 2.37. The summed E-state index contributed by atoms with van der Waals surface area (Å²) in [4.78, 5) is 0. The van der Waals surface area contributed by atoms with Gasteiger partial charge in [0.15, 0.2) is 5.60 Å². The lowest BCUT2D eigenvalue weighted by atomic mass is 10.1. The molecule has 0 bridgehead atoms. The molecule has 0 spiro atoms. The maximum absolute atomic E-state index is 5.28. The summed E-state index contributed by atoms with van der Waals surface area (Å²) in [5, 5.41) is 2.18. The summed E-state index contributed by atoms with van der Waals surface area (Å²) in [7, 11) is 1.68. The second-order valence-corrected chi connectivity index (χ2v) is 2.37. The van der Waals surface area contributed by atoms with E-state index in [9.17, 15) is 0 Å². The summed E-state index contributed by atoms with van der Waals surface area (Å²) < 4.78 is 5.18. The summed E-state index contributed by atoms with van der Waals surface area (Å²) in [5.74, 6) is 2.67. The quantitative estimate of drug-likeness (QED) is 0.447. The molecule has 0 aromatic carbocycles. The van der Waals surface area contributed by atoms with Crippen molar-refractivity contribution in [2.75, 3.05) is 20.2 Å². The van der Waals surface area contributed by atoms with Crippen LogP contribution >= 0.6 is 0 Å². The molecule has 1 fully saturated rings. The summed E-state index contributed by atoms with van der Waals surface area (Å²) in [5.41, 5.74) is -0.250. The first kappa shape index (κ1) is 6.60. The molecule has 0 aliphatic carbocycles. The van der Waals surface area contributed by atoms with Crippen molar-refractivity contribution in [3.8, 4) is 12.3 Å². The molecular weight excluding hydrogens is 114 g/mol. The fourth-order valence-electron chi connectivity index (χ4n) is 1.15. The van der Waals surface area contributed by atoms with Crippen molar-refractivity contribution >= 4 is 0 Å². The van der Waals surface area contributed by atoms with Crippen LogP contribution < -0.4 is 5.32 Å². The van der Waals surface area contributed by atoms with Crippen LogP contribution in [-0.2, 0) is 4.74 Å². The van der Waals surface area contributed by atoms with E-state index in [4.69, 9.17) is 11.2 Å². The van der Waals surface area contributed by atoms with Gasteiger partial charge in [0.05, 0.1) is 6.54 Å². The molecular formula is C7H12NO+. The molecule has 1 saturated heterocycles. The molecule has 9 heavy (non-hydrogen) atoms. The van der Waals surface area contributed by atoms with Gasteiger partial charge >= 0.3 is 0 Å². The first-order chi connectivity index (χ1) is 4.33. The molecule has 1 atom stereocenters. The summed E-state index contributed by atoms with van der Waals surface area (Å²) in [6.07, 6.45) is 6.27. The van der Waals surface area contributed by atoms with Crippen LogP contribution in [0, 0.1) is 12.3 Å². The van der Waals surface area contributed by atoms with Crippen molar-refractivity contribution in [3.05, 3.63) is 0 Å². The SMILES string of the molecule is C#CC1(OC)CC[NH2+]C1. The average Bonchev–Trinajstić information content (AvgIpc) is 2.36. The standard InChI is InChI=1S/C7H11NO/c1-3-7(9-2)4-5-8-6-7/h1,8H,4-6H2,2H3/p+1. The Labute approximate surface area is 55.6 Å². The lowest BCUT2D eigenvalue weighted by Gasteiger charge is -2.15. The van der Waals surface area contributed by atoms with E-state index in [-0.39, 0.29) is 5.60 Å². The summed E-state index contributed by atoms with van der Waals surface area (Å²) in [6, 6.07) is 0. The molecule has 0 aromatic heterocycles. The predicted octanol–water partition coefficient (Wildman–Crippen LogP) is -1.03. The van der Waals surface area contributed by atoms with E-state index >= 15 is 0 Å². The van der Waals surface area contributed by atoms with Gasteiger partial charge in [-0.3, -0.25) is 0 Å². The third-order valence-corrected chi connectivity index (χ3v) is 1.88. The number of quaternary nitrogens is 1. The number of nitrogens with two attached hydrogens (primary N) is 1. The van der Waals surface area contributed by atoms with Gasteiger partial charge in [0, 0.05) is 13.5 Å². The van der Waals surface area contributed by atoms with Crippen LogP contribution in [0.25, 0.3) is 0 Å². The Morgan fingerprint density at radius 3 is 2.78 bits per heavy atom. The Bertz CT molecular complexity index is 130. The first-order valence-electron chi connectivity index (χ1n) is 3.17. The van der Waals surface area contributed by atoms with Crippen LogP contribution in [0.4, 0.5) is 0 Å². The van der Waals surface area contributed by atoms with E-state index < -0.39 is 0 Å². The minimum absolute atomic E-state index is 0.250.